The number of hydrogen-bond acceptors (Lipinski definition) is 6. The van der Waals surface area contributed by atoms with Crippen LogP contribution in [0.4, 0.5) is 11.4 Å². The molecule has 0 aromatic heterocycles. The maximum absolute atomic E-state index is 13.3. The van der Waals surface area contributed by atoms with Crippen LogP contribution in [-0.4, -0.2) is 47.4 Å². The Morgan fingerprint density at radius 2 is 2.07 bits per heavy atom. The van der Waals surface area contributed by atoms with Gasteiger partial charge in [-0.15, -0.1) is 0 Å². The molecule has 27 heavy (non-hydrogen) atoms. The largest absolute Gasteiger partial charge is 0.467 e. The van der Waals surface area contributed by atoms with E-state index in [1.54, 1.807) is 17.0 Å². The van der Waals surface area contributed by atoms with Crippen molar-refractivity contribution in [3.63, 3.8) is 0 Å². The number of nitrogens with one attached hydrogen (secondary N) is 1. The fourth-order valence-corrected chi connectivity index (χ4v) is 4.40. The molecule has 3 unspecified atom stereocenters. The highest BCUT2D eigenvalue weighted by atomic mass is 16.6. The molecular weight excluding hydrogens is 350 g/mol. The van der Waals surface area contributed by atoms with E-state index >= 15 is 0 Å². The number of nitro groups is 1. The molecule has 0 radical (unpaired) electrons. The van der Waals surface area contributed by atoms with Crippen molar-refractivity contribution in [2.75, 3.05) is 19.0 Å². The third-order valence-corrected chi connectivity index (χ3v) is 5.60. The third-order valence-electron chi connectivity index (χ3n) is 5.60. The number of esters is 1. The van der Waals surface area contributed by atoms with Crippen molar-refractivity contribution in [3.05, 3.63) is 33.9 Å². The number of nitrogens with zero attached hydrogens (tertiary/aromatic N) is 2. The number of ether oxygens (including phenoxy) is 1. The van der Waals surface area contributed by atoms with Gasteiger partial charge in [0.15, 0.2) is 0 Å². The van der Waals surface area contributed by atoms with Crippen LogP contribution in [0, 0.1) is 16.0 Å². The first kappa shape index (κ1) is 19.1. The number of fused-ring (bicyclic) bond motifs is 1. The van der Waals surface area contributed by atoms with E-state index in [1.807, 2.05) is 6.92 Å². The Kier molecular flexibility index (Phi) is 5.62. The van der Waals surface area contributed by atoms with E-state index in [0.717, 1.165) is 25.7 Å². The number of benzene rings is 1. The van der Waals surface area contributed by atoms with Crippen molar-refractivity contribution in [1.29, 1.82) is 0 Å². The Morgan fingerprint density at radius 1 is 1.33 bits per heavy atom. The summed E-state index contributed by atoms with van der Waals surface area (Å²) in [4.78, 5) is 38.1. The van der Waals surface area contributed by atoms with Crippen LogP contribution in [0.25, 0.3) is 0 Å². The van der Waals surface area contributed by atoms with E-state index in [2.05, 4.69) is 5.32 Å². The lowest BCUT2D eigenvalue weighted by Crippen LogP contribution is -2.46. The zero-order valence-corrected chi connectivity index (χ0v) is 15.6. The van der Waals surface area contributed by atoms with E-state index in [0.29, 0.717) is 18.7 Å². The molecule has 146 valence electrons. The van der Waals surface area contributed by atoms with Gasteiger partial charge in [-0.2, -0.15) is 0 Å². The number of carbonyl (C=O) groups excluding carboxylic acids is 2. The summed E-state index contributed by atoms with van der Waals surface area (Å²) in [7, 11) is 1.32. The zero-order valence-electron chi connectivity index (χ0n) is 15.6. The summed E-state index contributed by atoms with van der Waals surface area (Å²) < 4.78 is 4.92. The number of anilines is 1. The highest BCUT2D eigenvalue weighted by Crippen LogP contribution is 2.41. The molecule has 1 saturated heterocycles. The average molecular weight is 375 g/mol. The molecular formula is C19H25N3O5. The molecule has 3 atom stereocenters. The van der Waals surface area contributed by atoms with Gasteiger partial charge in [0.05, 0.1) is 12.0 Å². The lowest BCUT2D eigenvalue weighted by Gasteiger charge is -2.33. The van der Waals surface area contributed by atoms with E-state index in [9.17, 15) is 19.7 Å². The lowest BCUT2D eigenvalue weighted by molar-refractivity contribution is -0.384. The summed E-state index contributed by atoms with van der Waals surface area (Å²) >= 11 is 0. The van der Waals surface area contributed by atoms with Crippen LogP contribution < -0.4 is 5.32 Å². The number of nitro benzene ring substituents is 1. The van der Waals surface area contributed by atoms with Gasteiger partial charge in [-0.3, -0.25) is 14.9 Å². The first-order chi connectivity index (χ1) is 13.0. The molecule has 0 spiro atoms. The predicted octanol–water partition coefficient (Wildman–Crippen LogP) is 2.97. The van der Waals surface area contributed by atoms with E-state index < -0.39 is 16.9 Å². The number of likely N-dealkylation sites (tertiary alicyclic amines) is 1. The van der Waals surface area contributed by atoms with Crippen LogP contribution in [0.2, 0.25) is 0 Å². The van der Waals surface area contributed by atoms with Crippen molar-refractivity contribution in [1.82, 2.24) is 4.90 Å². The molecule has 1 aromatic carbocycles. The molecule has 2 aliphatic rings. The number of methoxy groups -OCH3 is 1. The van der Waals surface area contributed by atoms with Crippen molar-refractivity contribution in [3.8, 4) is 0 Å². The Labute approximate surface area is 158 Å². The van der Waals surface area contributed by atoms with E-state index in [1.165, 1.54) is 13.2 Å². The quantitative estimate of drug-likeness (QED) is 0.482. The maximum atomic E-state index is 13.3. The molecule has 1 aromatic rings. The second-order valence-electron chi connectivity index (χ2n) is 7.12. The Balaban J connectivity index is 1.95. The van der Waals surface area contributed by atoms with Crippen LogP contribution in [0.5, 0.6) is 0 Å². The number of rotatable bonds is 5. The summed E-state index contributed by atoms with van der Waals surface area (Å²) in [5.74, 6) is -0.481. The molecule has 1 amide bonds. The van der Waals surface area contributed by atoms with Gasteiger partial charge in [0.25, 0.3) is 11.6 Å². The summed E-state index contributed by atoms with van der Waals surface area (Å²) in [6.45, 7) is 2.38. The van der Waals surface area contributed by atoms with Crippen molar-refractivity contribution < 1.29 is 19.2 Å². The summed E-state index contributed by atoms with van der Waals surface area (Å²) in [6.07, 6.45) is 4.54. The Bertz CT molecular complexity index is 751. The number of amides is 1. The lowest BCUT2D eigenvalue weighted by atomic mass is 9.84. The Hall–Kier alpha value is -2.64. The van der Waals surface area contributed by atoms with Crippen molar-refractivity contribution in [2.45, 2.75) is 51.1 Å². The van der Waals surface area contributed by atoms with Crippen molar-refractivity contribution >= 4 is 23.3 Å². The van der Waals surface area contributed by atoms with Gasteiger partial charge in [0.1, 0.15) is 11.7 Å². The highest BCUT2D eigenvalue weighted by molar-refractivity contribution is 5.98. The van der Waals surface area contributed by atoms with Crippen LogP contribution >= 0.6 is 0 Å². The average Bonchev–Trinajstić information content (AvgIpc) is 3.06. The molecule has 1 N–H and O–H groups in total. The standard InChI is InChI=1S/C19H25N3O5/c1-3-20-14-9-8-13(11-16(14)22(25)26)18(23)21-15-7-5-4-6-12(15)10-17(21)19(24)27-2/h8-9,11-12,15,17,20H,3-7,10H2,1-2H3. The topological polar surface area (TPSA) is 102 Å². The molecule has 1 heterocycles. The van der Waals surface area contributed by atoms with E-state index in [4.69, 9.17) is 4.74 Å². The molecule has 1 aliphatic carbocycles. The zero-order chi connectivity index (χ0) is 19.6. The number of carbonyl (C=O) groups is 2. The molecule has 1 saturated carbocycles. The van der Waals surface area contributed by atoms with Crippen LogP contribution in [-0.2, 0) is 9.53 Å². The van der Waals surface area contributed by atoms with E-state index in [-0.39, 0.29) is 29.1 Å². The first-order valence-corrected chi connectivity index (χ1v) is 9.40. The molecule has 8 nitrogen and oxygen atoms in total. The monoisotopic (exact) mass is 375 g/mol. The van der Waals surface area contributed by atoms with Gasteiger partial charge < -0.3 is 15.0 Å². The Morgan fingerprint density at radius 3 is 2.74 bits per heavy atom. The van der Waals surface area contributed by atoms with Gasteiger partial charge >= 0.3 is 5.97 Å². The molecule has 2 fully saturated rings. The predicted molar refractivity (Wildman–Crippen MR) is 99.6 cm³/mol. The second-order valence-corrected chi connectivity index (χ2v) is 7.12. The SMILES string of the molecule is CCNc1ccc(C(=O)N2C(C(=O)OC)CC3CCCCC32)cc1[N+](=O)[O-]. The fourth-order valence-electron chi connectivity index (χ4n) is 4.40. The maximum Gasteiger partial charge on any atom is 0.328 e. The van der Waals surface area contributed by atoms with Gasteiger partial charge in [0, 0.05) is 24.2 Å². The third kappa shape index (κ3) is 3.61. The van der Waals surface area contributed by atoms with Gasteiger partial charge in [-0.25, -0.2) is 4.79 Å². The summed E-state index contributed by atoms with van der Waals surface area (Å²) in [5, 5.41) is 14.3. The highest BCUT2D eigenvalue weighted by Gasteiger charge is 2.48. The smallest absolute Gasteiger partial charge is 0.328 e. The second kappa shape index (κ2) is 7.94. The summed E-state index contributed by atoms with van der Waals surface area (Å²) in [6, 6.07) is 3.80. The first-order valence-electron chi connectivity index (χ1n) is 9.40. The molecule has 0 bridgehead atoms. The summed E-state index contributed by atoms with van der Waals surface area (Å²) in [5.41, 5.74) is 0.459. The van der Waals surface area contributed by atoms with Crippen molar-refractivity contribution in [2.24, 2.45) is 5.92 Å². The molecule has 3 rings (SSSR count). The molecule has 8 heteroatoms. The van der Waals surface area contributed by atoms with Crippen LogP contribution in [0.3, 0.4) is 0 Å². The van der Waals surface area contributed by atoms with Gasteiger partial charge in [-0.1, -0.05) is 12.8 Å². The van der Waals surface area contributed by atoms with Gasteiger partial charge in [-0.05, 0) is 44.2 Å². The molecule has 1 aliphatic heterocycles. The number of hydrogen-bond donors (Lipinski definition) is 1. The van der Waals surface area contributed by atoms with Crippen LogP contribution in [0.15, 0.2) is 18.2 Å². The van der Waals surface area contributed by atoms with Gasteiger partial charge in [0.2, 0.25) is 0 Å². The van der Waals surface area contributed by atoms with Crippen LogP contribution in [0.1, 0.15) is 49.4 Å². The minimum Gasteiger partial charge on any atom is -0.467 e. The normalized spacial score (nSPS) is 24.2. The fraction of sp³-hybridized carbons (Fsp3) is 0.579. The minimum atomic E-state index is -0.622. The minimum absolute atomic E-state index is 0.0113.